The van der Waals surface area contributed by atoms with E-state index >= 15 is 0 Å². The Labute approximate surface area is 154 Å². The molecule has 1 saturated heterocycles. The summed E-state index contributed by atoms with van der Waals surface area (Å²) in [5.41, 5.74) is 2.47. The van der Waals surface area contributed by atoms with Crippen molar-refractivity contribution in [2.45, 2.75) is 26.2 Å². The summed E-state index contributed by atoms with van der Waals surface area (Å²) in [6.45, 7) is 5.32. The maximum absolute atomic E-state index is 11.7. The zero-order valence-electron chi connectivity index (χ0n) is 15.6. The van der Waals surface area contributed by atoms with E-state index in [0.29, 0.717) is 0 Å². The molecule has 1 aromatic carbocycles. The largest absolute Gasteiger partial charge is 0.469 e. The van der Waals surface area contributed by atoms with Crippen molar-refractivity contribution < 1.29 is 9.53 Å². The number of hydrogen-bond acceptors (Lipinski definition) is 3. The Morgan fingerprint density at radius 2 is 2.12 bits per heavy atom. The number of aromatic amines is 1. The number of methoxy groups -OCH3 is 1. The van der Waals surface area contributed by atoms with Crippen LogP contribution in [0, 0.1) is 5.92 Å². The van der Waals surface area contributed by atoms with Crippen molar-refractivity contribution in [3.8, 4) is 0 Å². The zero-order valence-corrected chi connectivity index (χ0v) is 15.6. The molecule has 6 nitrogen and oxygen atoms in total. The van der Waals surface area contributed by atoms with Gasteiger partial charge in [0.1, 0.15) is 0 Å². The molecule has 0 atom stereocenters. The number of rotatable bonds is 5. The number of piperidine rings is 1. The second-order valence-electron chi connectivity index (χ2n) is 6.63. The van der Waals surface area contributed by atoms with Crippen LogP contribution in [0.3, 0.4) is 0 Å². The van der Waals surface area contributed by atoms with Gasteiger partial charge < -0.3 is 19.9 Å². The second kappa shape index (κ2) is 8.74. The van der Waals surface area contributed by atoms with E-state index in [-0.39, 0.29) is 11.9 Å². The summed E-state index contributed by atoms with van der Waals surface area (Å²) in [6.07, 6.45) is 4.62. The van der Waals surface area contributed by atoms with Crippen molar-refractivity contribution in [3.63, 3.8) is 0 Å². The molecule has 140 valence electrons. The normalized spacial score (nSPS) is 16.1. The molecule has 26 heavy (non-hydrogen) atoms. The van der Waals surface area contributed by atoms with E-state index in [1.807, 2.05) is 6.07 Å². The van der Waals surface area contributed by atoms with Gasteiger partial charge in [-0.05, 0) is 37.8 Å². The summed E-state index contributed by atoms with van der Waals surface area (Å²) < 4.78 is 4.87. The molecule has 0 amide bonds. The predicted octanol–water partition coefficient (Wildman–Crippen LogP) is 2.56. The van der Waals surface area contributed by atoms with Crippen molar-refractivity contribution in [1.29, 1.82) is 0 Å². The van der Waals surface area contributed by atoms with Crippen LogP contribution in [-0.2, 0) is 16.0 Å². The van der Waals surface area contributed by atoms with Crippen molar-refractivity contribution in [2.24, 2.45) is 10.9 Å². The van der Waals surface area contributed by atoms with Gasteiger partial charge in [0.25, 0.3) is 0 Å². The Morgan fingerprint density at radius 3 is 2.85 bits per heavy atom. The number of carbonyl (C=O) groups excluding carboxylic acids is 1. The van der Waals surface area contributed by atoms with Crippen LogP contribution in [0.2, 0.25) is 0 Å². The van der Waals surface area contributed by atoms with Gasteiger partial charge in [0.2, 0.25) is 0 Å². The third-order valence-electron chi connectivity index (χ3n) is 4.98. The minimum Gasteiger partial charge on any atom is -0.469 e. The number of ether oxygens (including phenoxy) is 1. The molecule has 2 heterocycles. The fraction of sp³-hybridized carbons (Fsp3) is 0.500. The lowest BCUT2D eigenvalue weighted by molar-refractivity contribution is -0.146. The van der Waals surface area contributed by atoms with Crippen LogP contribution in [-0.4, -0.2) is 55.1 Å². The number of carbonyl (C=O) groups is 1. The summed E-state index contributed by atoms with van der Waals surface area (Å²) in [6, 6.07) is 8.35. The molecule has 0 saturated carbocycles. The SMILES string of the molecule is CCNC(=NCCc1c[nH]c2ccccc12)N1CCC(C(=O)OC)CC1. The van der Waals surface area contributed by atoms with Gasteiger partial charge in [0.15, 0.2) is 5.96 Å². The highest BCUT2D eigenvalue weighted by molar-refractivity contribution is 5.83. The number of H-pyrrole nitrogens is 1. The first-order valence-electron chi connectivity index (χ1n) is 9.39. The summed E-state index contributed by atoms with van der Waals surface area (Å²) in [5, 5.41) is 4.65. The number of nitrogens with one attached hydrogen (secondary N) is 2. The molecule has 0 radical (unpaired) electrons. The van der Waals surface area contributed by atoms with Gasteiger partial charge in [0, 0.05) is 43.3 Å². The number of guanidine groups is 1. The number of likely N-dealkylation sites (tertiary alicyclic amines) is 1. The molecular formula is C20H28N4O2. The highest BCUT2D eigenvalue weighted by Crippen LogP contribution is 2.19. The van der Waals surface area contributed by atoms with E-state index in [9.17, 15) is 4.79 Å². The van der Waals surface area contributed by atoms with Crippen LogP contribution >= 0.6 is 0 Å². The van der Waals surface area contributed by atoms with E-state index in [1.165, 1.54) is 23.6 Å². The van der Waals surface area contributed by atoms with Crippen molar-refractivity contribution in [2.75, 3.05) is 33.3 Å². The number of esters is 1. The summed E-state index contributed by atoms with van der Waals surface area (Å²) in [7, 11) is 1.46. The van der Waals surface area contributed by atoms with Crippen LogP contribution in [0.5, 0.6) is 0 Å². The van der Waals surface area contributed by atoms with E-state index in [0.717, 1.165) is 51.4 Å². The minimum absolute atomic E-state index is 0.0188. The smallest absolute Gasteiger partial charge is 0.308 e. The van der Waals surface area contributed by atoms with Gasteiger partial charge in [-0.25, -0.2) is 0 Å². The number of nitrogens with zero attached hydrogens (tertiary/aromatic N) is 2. The average Bonchev–Trinajstić information content (AvgIpc) is 3.10. The monoisotopic (exact) mass is 356 g/mol. The third kappa shape index (κ3) is 4.18. The Bertz CT molecular complexity index is 760. The van der Waals surface area contributed by atoms with E-state index in [1.54, 1.807) is 0 Å². The molecule has 1 fully saturated rings. The maximum Gasteiger partial charge on any atom is 0.308 e. The highest BCUT2D eigenvalue weighted by Gasteiger charge is 2.26. The number of aliphatic imine (C=N–C) groups is 1. The van der Waals surface area contributed by atoms with Gasteiger partial charge in [-0.15, -0.1) is 0 Å². The van der Waals surface area contributed by atoms with Crippen molar-refractivity contribution in [1.82, 2.24) is 15.2 Å². The Balaban J connectivity index is 1.60. The molecule has 2 aromatic rings. The van der Waals surface area contributed by atoms with Crippen LogP contribution in [0.25, 0.3) is 10.9 Å². The first-order valence-corrected chi connectivity index (χ1v) is 9.39. The molecule has 0 spiro atoms. The second-order valence-corrected chi connectivity index (χ2v) is 6.63. The lowest BCUT2D eigenvalue weighted by Gasteiger charge is -2.33. The van der Waals surface area contributed by atoms with E-state index in [2.05, 4.69) is 46.5 Å². The first kappa shape index (κ1) is 18.3. The maximum atomic E-state index is 11.7. The molecule has 0 aliphatic carbocycles. The fourth-order valence-corrected chi connectivity index (χ4v) is 3.54. The Kier molecular flexibility index (Phi) is 6.15. The number of fused-ring (bicyclic) bond motifs is 1. The molecule has 1 aliphatic rings. The molecular weight excluding hydrogens is 328 g/mol. The van der Waals surface area contributed by atoms with Gasteiger partial charge in [-0.2, -0.15) is 0 Å². The fourth-order valence-electron chi connectivity index (χ4n) is 3.54. The number of hydrogen-bond donors (Lipinski definition) is 2. The van der Waals surface area contributed by atoms with E-state index in [4.69, 9.17) is 9.73 Å². The number of benzene rings is 1. The zero-order chi connectivity index (χ0) is 18.4. The third-order valence-corrected chi connectivity index (χ3v) is 4.98. The average molecular weight is 356 g/mol. The van der Waals surface area contributed by atoms with Gasteiger partial charge in [0.05, 0.1) is 13.0 Å². The minimum atomic E-state index is -0.0917. The first-order chi connectivity index (χ1) is 12.7. The molecule has 1 aliphatic heterocycles. The standard InChI is InChI=1S/C20H28N4O2/c1-3-21-20(24-12-9-15(10-13-24)19(25)26-2)22-11-8-16-14-23-18-7-5-4-6-17(16)18/h4-7,14-15,23H,3,8-13H2,1-2H3,(H,21,22). The molecule has 0 bridgehead atoms. The van der Waals surface area contributed by atoms with Gasteiger partial charge in [-0.1, -0.05) is 18.2 Å². The molecule has 1 aromatic heterocycles. The molecule has 6 heteroatoms. The topological polar surface area (TPSA) is 69.7 Å². The predicted molar refractivity (Wildman–Crippen MR) is 104 cm³/mol. The van der Waals surface area contributed by atoms with Gasteiger partial charge in [-0.3, -0.25) is 9.79 Å². The van der Waals surface area contributed by atoms with Crippen LogP contribution in [0.15, 0.2) is 35.5 Å². The van der Waals surface area contributed by atoms with Gasteiger partial charge >= 0.3 is 5.97 Å². The lowest BCUT2D eigenvalue weighted by Crippen LogP contribution is -2.46. The Morgan fingerprint density at radius 1 is 1.35 bits per heavy atom. The van der Waals surface area contributed by atoms with Crippen LogP contribution < -0.4 is 5.32 Å². The van der Waals surface area contributed by atoms with E-state index < -0.39 is 0 Å². The quantitative estimate of drug-likeness (QED) is 0.491. The Hall–Kier alpha value is -2.50. The number of aromatic nitrogens is 1. The van der Waals surface area contributed by atoms with Crippen molar-refractivity contribution >= 4 is 22.8 Å². The summed E-state index contributed by atoms with van der Waals surface area (Å²) in [4.78, 5) is 22.1. The highest BCUT2D eigenvalue weighted by atomic mass is 16.5. The number of para-hydroxylation sites is 1. The van der Waals surface area contributed by atoms with Crippen molar-refractivity contribution in [3.05, 3.63) is 36.0 Å². The molecule has 3 rings (SSSR count). The van der Waals surface area contributed by atoms with Crippen LogP contribution in [0.4, 0.5) is 0 Å². The summed E-state index contributed by atoms with van der Waals surface area (Å²) in [5.74, 6) is 0.868. The van der Waals surface area contributed by atoms with Crippen LogP contribution in [0.1, 0.15) is 25.3 Å². The molecule has 0 unspecified atom stereocenters. The lowest BCUT2D eigenvalue weighted by atomic mass is 9.97. The summed E-state index contributed by atoms with van der Waals surface area (Å²) >= 11 is 0. The molecule has 2 N–H and O–H groups in total.